The molecule has 2 rings (SSSR count). The molecule has 0 saturated heterocycles. The standard InChI is InChI=1S/C17H9BrN4O/c18-14-3-1-11(2-4-14)16-6-5-15(23-16)7-12(8-19)17(22)13(9-20)10-21/h1-7H,22H2/b12-7+. The van der Waals surface area contributed by atoms with Crippen LogP contribution >= 0.6 is 15.9 Å². The molecule has 0 unspecified atom stereocenters. The van der Waals surface area contributed by atoms with Crippen molar-refractivity contribution in [2.75, 3.05) is 0 Å². The number of benzene rings is 1. The zero-order valence-corrected chi connectivity index (χ0v) is 13.3. The molecule has 2 N–H and O–H groups in total. The first-order chi connectivity index (χ1) is 11.1. The maximum absolute atomic E-state index is 9.15. The summed E-state index contributed by atoms with van der Waals surface area (Å²) in [6, 6.07) is 16.2. The Balaban J connectivity index is 2.39. The lowest BCUT2D eigenvalue weighted by atomic mass is 10.1. The Morgan fingerprint density at radius 3 is 2.22 bits per heavy atom. The first-order valence-corrected chi connectivity index (χ1v) is 7.16. The molecule has 2 aromatic rings. The van der Waals surface area contributed by atoms with Crippen molar-refractivity contribution >= 4 is 22.0 Å². The van der Waals surface area contributed by atoms with Crippen LogP contribution in [0.5, 0.6) is 0 Å². The Bertz CT molecular complexity index is 899. The molecule has 0 aliphatic carbocycles. The van der Waals surface area contributed by atoms with Crippen molar-refractivity contribution in [3.05, 3.63) is 63.5 Å². The number of rotatable bonds is 3. The predicted molar refractivity (Wildman–Crippen MR) is 87.9 cm³/mol. The minimum absolute atomic E-state index is 0.000180. The number of allylic oxidation sites excluding steroid dienone is 2. The first kappa shape index (κ1) is 16.1. The van der Waals surface area contributed by atoms with Crippen molar-refractivity contribution in [2.24, 2.45) is 5.73 Å². The number of furan rings is 1. The van der Waals surface area contributed by atoms with Gasteiger partial charge in [-0.05, 0) is 24.3 Å². The van der Waals surface area contributed by atoms with Crippen LogP contribution in [-0.2, 0) is 0 Å². The van der Waals surface area contributed by atoms with Crippen molar-refractivity contribution in [1.29, 1.82) is 15.8 Å². The summed E-state index contributed by atoms with van der Waals surface area (Å²) in [4.78, 5) is 0. The van der Waals surface area contributed by atoms with E-state index in [1.807, 2.05) is 30.3 Å². The highest BCUT2D eigenvalue weighted by Gasteiger charge is 2.10. The molecule has 0 atom stereocenters. The summed E-state index contributed by atoms with van der Waals surface area (Å²) in [6.45, 7) is 0. The first-order valence-electron chi connectivity index (χ1n) is 6.37. The van der Waals surface area contributed by atoms with Crippen LogP contribution in [0.1, 0.15) is 5.76 Å². The van der Waals surface area contributed by atoms with Crippen LogP contribution in [0, 0.1) is 34.0 Å². The van der Waals surface area contributed by atoms with E-state index in [-0.39, 0.29) is 16.8 Å². The highest BCUT2D eigenvalue weighted by Crippen LogP contribution is 2.25. The van der Waals surface area contributed by atoms with E-state index in [2.05, 4.69) is 15.9 Å². The highest BCUT2D eigenvalue weighted by atomic mass is 79.9. The Hall–Kier alpha value is -3.27. The van der Waals surface area contributed by atoms with Crippen LogP contribution in [0.15, 0.2) is 62.1 Å². The van der Waals surface area contributed by atoms with Gasteiger partial charge >= 0.3 is 0 Å². The van der Waals surface area contributed by atoms with Crippen LogP contribution < -0.4 is 5.73 Å². The molecule has 0 radical (unpaired) electrons. The summed E-state index contributed by atoms with van der Waals surface area (Å²) in [5, 5.41) is 26.8. The second-order valence-corrected chi connectivity index (χ2v) is 5.31. The van der Waals surface area contributed by atoms with Gasteiger partial charge in [0.2, 0.25) is 0 Å². The second-order valence-electron chi connectivity index (χ2n) is 4.39. The number of halogens is 1. The fourth-order valence-electron chi connectivity index (χ4n) is 1.79. The molecule has 0 spiro atoms. The summed E-state index contributed by atoms with van der Waals surface area (Å²) in [5.41, 5.74) is 6.08. The van der Waals surface area contributed by atoms with E-state index in [9.17, 15) is 0 Å². The minimum atomic E-state index is -0.308. The quantitative estimate of drug-likeness (QED) is 0.656. The van der Waals surface area contributed by atoms with Gasteiger partial charge in [0.25, 0.3) is 0 Å². The van der Waals surface area contributed by atoms with Gasteiger partial charge in [-0.2, -0.15) is 15.8 Å². The molecule has 0 aliphatic heterocycles. The van der Waals surface area contributed by atoms with Gasteiger partial charge in [0.15, 0.2) is 5.57 Å². The molecule has 0 saturated carbocycles. The summed E-state index contributed by atoms with van der Waals surface area (Å²) in [7, 11) is 0. The van der Waals surface area contributed by atoms with E-state index in [4.69, 9.17) is 25.9 Å². The Kier molecular flexibility index (Phi) is 5.00. The van der Waals surface area contributed by atoms with Crippen molar-refractivity contribution in [2.45, 2.75) is 0 Å². The molecule has 6 heteroatoms. The van der Waals surface area contributed by atoms with E-state index in [1.54, 1.807) is 24.3 Å². The van der Waals surface area contributed by atoms with Gasteiger partial charge in [-0.1, -0.05) is 28.1 Å². The maximum atomic E-state index is 9.15. The Morgan fingerprint density at radius 2 is 1.65 bits per heavy atom. The molecule has 23 heavy (non-hydrogen) atoms. The van der Waals surface area contributed by atoms with Gasteiger partial charge in [-0.15, -0.1) is 0 Å². The molecule has 0 fully saturated rings. The van der Waals surface area contributed by atoms with E-state index < -0.39 is 0 Å². The molecule has 110 valence electrons. The van der Waals surface area contributed by atoms with Gasteiger partial charge in [0, 0.05) is 16.1 Å². The van der Waals surface area contributed by atoms with E-state index in [0.717, 1.165) is 10.0 Å². The predicted octanol–water partition coefficient (Wildman–Crippen LogP) is 3.88. The largest absolute Gasteiger partial charge is 0.457 e. The third kappa shape index (κ3) is 3.68. The van der Waals surface area contributed by atoms with Crippen molar-refractivity contribution in [3.63, 3.8) is 0 Å². The molecule has 1 aromatic carbocycles. The number of nitrogens with two attached hydrogens (primary N) is 1. The van der Waals surface area contributed by atoms with Crippen LogP contribution in [0.3, 0.4) is 0 Å². The topological polar surface area (TPSA) is 111 Å². The fraction of sp³-hybridized carbons (Fsp3) is 0. The molecule has 1 heterocycles. The van der Waals surface area contributed by atoms with Crippen molar-refractivity contribution in [1.82, 2.24) is 0 Å². The maximum Gasteiger partial charge on any atom is 0.153 e. The highest BCUT2D eigenvalue weighted by molar-refractivity contribution is 9.10. The molecular formula is C17H9BrN4O. The normalized spacial score (nSPS) is 10.3. The van der Waals surface area contributed by atoms with Crippen LogP contribution in [-0.4, -0.2) is 0 Å². The monoisotopic (exact) mass is 364 g/mol. The molecule has 0 aliphatic rings. The average molecular weight is 365 g/mol. The fourth-order valence-corrected chi connectivity index (χ4v) is 2.06. The molecule has 5 nitrogen and oxygen atoms in total. The minimum Gasteiger partial charge on any atom is -0.457 e. The zero-order chi connectivity index (χ0) is 16.8. The summed E-state index contributed by atoms with van der Waals surface area (Å²) < 4.78 is 6.61. The Labute approximate surface area is 141 Å². The van der Waals surface area contributed by atoms with Crippen LogP contribution in [0.2, 0.25) is 0 Å². The average Bonchev–Trinajstić information content (AvgIpc) is 3.03. The molecular weight excluding hydrogens is 356 g/mol. The van der Waals surface area contributed by atoms with Crippen LogP contribution in [0.25, 0.3) is 17.4 Å². The summed E-state index contributed by atoms with van der Waals surface area (Å²) >= 11 is 3.36. The van der Waals surface area contributed by atoms with Gasteiger partial charge in [0.1, 0.15) is 29.7 Å². The van der Waals surface area contributed by atoms with Gasteiger partial charge in [0.05, 0.1) is 11.3 Å². The number of hydrogen-bond donors (Lipinski definition) is 1. The number of nitriles is 3. The van der Waals surface area contributed by atoms with E-state index in [1.165, 1.54) is 6.08 Å². The third-order valence-electron chi connectivity index (χ3n) is 2.95. The lowest BCUT2D eigenvalue weighted by molar-refractivity contribution is 0.571. The zero-order valence-electron chi connectivity index (χ0n) is 11.7. The summed E-state index contributed by atoms with van der Waals surface area (Å²) in [6.07, 6.45) is 1.40. The van der Waals surface area contributed by atoms with Gasteiger partial charge in [-0.25, -0.2) is 0 Å². The summed E-state index contributed by atoms with van der Waals surface area (Å²) in [5.74, 6) is 1.03. The smallest absolute Gasteiger partial charge is 0.153 e. The SMILES string of the molecule is N#CC(C#N)=C(N)/C(C#N)=C/c1ccc(-c2ccc(Br)cc2)o1. The van der Waals surface area contributed by atoms with Crippen molar-refractivity contribution in [3.8, 4) is 29.5 Å². The Morgan fingerprint density at radius 1 is 1.00 bits per heavy atom. The molecule has 0 amide bonds. The van der Waals surface area contributed by atoms with Gasteiger partial charge in [-0.3, -0.25) is 0 Å². The lowest BCUT2D eigenvalue weighted by Crippen LogP contribution is -2.03. The number of nitrogens with zero attached hydrogens (tertiary/aromatic N) is 3. The second kappa shape index (κ2) is 7.13. The molecule has 0 bridgehead atoms. The lowest BCUT2D eigenvalue weighted by Gasteiger charge is -1.98. The number of hydrogen-bond acceptors (Lipinski definition) is 5. The van der Waals surface area contributed by atoms with Crippen LogP contribution in [0.4, 0.5) is 0 Å². The van der Waals surface area contributed by atoms with Gasteiger partial charge < -0.3 is 10.2 Å². The van der Waals surface area contributed by atoms with E-state index in [0.29, 0.717) is 11.5 Å². The van der Waals surface area contributed by atoms with Crippen molar-refractivity contribution < 1.29 is 4.42 Å². The third-order valence-corrected chi connectivity index (χ3v) is 3.47. The van der Waals surface area contributed by atoms with E-state index >= 15 is 0 Å². The molecule has 1 aromatic heterocycles.